The van der Waals surface area contributed by atoms with E-state index < -0.39 is 0 Å². The normalized spacial score (nSPS) is 16.7. The summed E-state index contributed by atoms with van der Waals surface area (Å²) in [5.41, 5.74) is 3.65. The van der Waals surface area contributed by atoms with E-state index in [1.807, 2.05) is 31.3 Å². The van der Waals surface area contributed by atoms with Gasteiger partial charge in [-0.2, -0.15) is 0 Å². The van der Waals surface area contributed by atoms with Crippen LogP contribution in [0.1, 0.15) is 61.4 Å². The van der Waals surface area contributed by atoms with E-state index in [2.05, 4.69) is 15.3 Å². The van der Waals surface area contributed by atoms with Gasteiger partial charge in [0.1, 0.15) is 11.4 Å². The molecule has 0 radical (unpaired) electrons. The molecule has 2 heterocycles. The van der Waals surface area contributed by atoms with Crippen LogP contribution >= 0.6 is 11.8 Å². The second kappa shape index (κ2) is 8.21. The fourth-order valence-electron chi connectivity index (χ4n) is 3.73. The van der Waals surface area contributed by atoms with Crippen LogP contribution in [0.2, 0.25) is 0 Å². The van der Waals surface area contributed by atoms with E-state index >= 15 is 0 Å². The third-order valence-corrected chi connectivity index (χ3v) is 6.23. The Morgan fingerprint density at radius 3 is 2.93 bits per heavy atom. The van der Waals surface area contributed by atoms with Gasteiger partial charge < -0.3 is 5.32 Å². The minimum atomic E-state index is -0.0411. The summed E-state index contributed by atoms with van der Waals surface area (Å²) < 4.78 is 0. The highest BCUT2D eigenvalue weighted by Gasteiger charge is 2.27. The molecule has 1 aromatic heterocycles. The molecule has 1 aliphatic heterocycles. The molecule has 1 saturated carbocycles. The van der Waals surface area contributed by atoms with Crippen molar-refractivity contribution in [2.75, 3.05) is 6.54 Å². The van der Waals surface area contributed by atoms with E-state index in [0.29, 0.717) is 18.0 Å². The number of fused-ring (bicyclic) bond motifs is 2. The van der Waals surface area contributed by atoms with Crippen molar-refractivity contribution in [1.29, 1.82) is 0 Å². The fraction of sp³-hybridized carbons (Fsp3) is 0.429. The largest absolute Gasteiger partial charge is 0.352 e. The number of benzene rings is 1. The Morgan fingerprint density at radius 1 is 1.26 bits per heavy atom. The number of hydrogen-bond acceptors (Lipinski definition) is 5. The Kier molecular flexibility index (Phi) is 5.53. The molecule has 1 aliphatic carbocycles. The summed E-state index contributed by atoms with van der Waals surface area (Å²) in [5, 5.41) is 3.90. The van der Waals surface area contributed by atoms with Crippen LogP contribution < -0.4 is 5.32 Å². The van der Waals surface area contributed by atoms with E-state index in [9.17, 15) is 4.79 Å². The van der Waals surface area contributed by atoms with Crippen LogP contribution in [-0.2, 0) is 0 Å². The van der Waals surface area contributed by atoms with Gasteiger partial charge in [0.2, 0.25) is 0 Å². The van der Waals surface area contributed by atoms with Crippen LogP contribution in [0.4, 0.5) is 5.69 Å². The maximum atomic E-state index is 12.4. The molecule has 4 rings (SSSR count). The molecule has 1 amide bonds. The van der Waals surface area contributed by atoms with Gasteiger partial charge in [-0.05, 0) is 37.5 Å². The quantitative estimate of drug-likeness (QED) is 0.775. The first-order valence-electron chi connectivity index (χ1n) is 9.75. The van der Waals surface area contributed by atoms with Crippen molar-refractivity contribution in [1.82, 2.24) is 15.3 Å². The Hall–Kier alpha value is -2.21. The standard InChI is InChI=1S/C21H24N4OS/c1-2-10-23-20(26)15-8-9-18-17(11-15)25-19(14-6-4-3-5-7-14)16-12-22-13-24-21(16)27-18/h8-9,11-14H,2-7,10H2,1H3,(H,23,26). The number of carbonyl (C=O) groups is 1. The Morgan fingerprint density at radius 2 is 2.11 bits per heavy atom. The molecule has 0 unspecified atom stereocenters. The molecule has 0 bridgehead atoms. The van der Waals surface area contributed by atoms with Gasteiger partial charge in [0.05, 0.1) is 11.4 Å². The van der Waals surface area contributed by atoms with E-state index in [1.54, 1.807) is 18.1 Å². The van der Waals surface area contributed by atoms with Crippen LogP contribution in [0.3, 0.4) is 0 Å². The lowest BCUT2D eigenvalue weighted by Gasteiger charge is -2.23. The van der Waals surface area contributed by atoms with Gasteiger partial charge in [0.25, 0.3) is 5.91 Å². The lowest BCUT2D eigenvalue weighted by atomic mass is 9.83. The summed E-state index contributed by atoms with van der Waals surface area (Å²) in [4.78, 5) is 27.3. The average Bonchev–Trinajstić information content (AvgIpc) is 2.88. The van der Waals surface area contributed by atoms with Gasteiger partial charge in [-0.3, -0.25) is 9.79 Å². The molecule has 6 heteroatoms. The third kappa shape index (κ3) is 3.90. The lowest BCUT2D eigenvalue weighted by Crippen LogP contribution is -2.23. The molecule has 1 fully saturated rings. The zero-order chi connectivity index (χ0) is 18.6. The number of nitrogens with zero attached hydrogens (tertiary/aromatic N) is 3. The van der Waals surface area contributed by atoms with Crippen molar-refractivity contribution < 1.29 is 4.79 Å². The molecule has 5 nitrogen and oxygen atoms in total. The summed E-state index contributed by atoms with van der Waals surface area (Å²) in [6.45, 7) is 2.73. The van der Waals surface area contributed by atoms with E-state index in [4.69, 9.17) is 4.99 Å². The predicted octanol–water partition coefficient (Wildman–Crippen LogP) is 4.78. The molecule has 140 valence electrons. The van der Waals surface area contributed by atoms with E-state index in [1.165, 1.54) is 19.3 Å². The van der Waals surface area contributed by atoms with Crippen molar-refractivity contribution in [2.24, 2.45) is 10.9 Å². The molecule has 2 aromatic rings. The van der Waals surface area contributed by atoms with Crippen LogP contribution in [0.5, 0.6) is 0 Å². The molecule has 0 atom stereocenters. The van der Waals surface area contributed by atoms with Crippen molar-refractivity contribution in [3.8, 4) is 0 Å². The summed E-state index contributed by atoms with van der Waals surface area (Å²) in [6, 6.07) is 5.77. The van der Waals surface area contributed by atoms with Gasteiger partial charge in [0.15, 0.2) is 0 Å². The summed E-state index contributed by atoms with van der Waals surface area (Å²) >= 11 is 1.61. The Balaban J connectivity index is 1.76. The number of nitrogens with one attached hydrogen (secondary N) is 1. The van der Waals surface area contributed by atoms with Gasteiger partial charge in [-0.25, -0.2) is 9.97 Å². The molecular formula is C21H24N4OS. The van der Waals surface area contributed by atoms with E-state index in [-0.39, 0.29) is 5.91 Å². The molecule has 0 saturated heterocycles. The first kappa shape index (κ1) is 18.2. The maximum Gasteiger partial charge on any atom is 0.251 e. The minimum absolute atomic E-state index is 0.0411. The number of aliphatic imine (C=N–C) groups is 1. The fourth-order valence-corrected chi connectivity index (χ4v) is 4.65. The molecule has 27 heavy (non-hydrogen) atoms. The van der Waals surface area contributed by atoms with Crippen molar-refractivity contribution in [3.63, 3.8) is 0 Å². The highest BCUT2D eigenvalue weighted by atomic mass is 32.2. The molecule has 1 aromatic carbocycles. The van der Waals surface area contributed by atoms with Gasteiger partial charge >= 0.3 is 0 Å². The highest BCUT2D eigenvalue weighted by Crippen LogP contribution is 2.42. The number of carbonyl (C=O) groups excluding carboxylic acids is 1. The van der Waals surface area contributed by atoms with Crippen molar-refractivity contribution in [2.45, 2.75) is 55.4 Å². The first-order chi connectivity index (χ1) is 13.3. The highest BCUT2D eigenvalue weighted by molar-refractivity contribution is 7.99. The second-order valence-electron chi connectivity index (χ2n) is 7.11. The van der Waals surface area contributed by atoms with Crippen LogP contribution in [-0.4, -0.2) is 28.1 Å². The molecular weight excluding hydrogens is 356 g/mol. The van der Waals surface area contributed by atoms with Gasteiger partial charge in [-0.15, -0.1) is 0 Å². The van der Waals surface area contributed by atoms with Crippen LogP contribution in [0.25, 0.3) is 0 Å². The third-order valence-electron chi connectivity index (χ3n) is 5.15. The van der Waals surface area contributed by atoms with E-state index in [0.717, 1.165) is 46.1 Å². The van der Waals surface area contributed by atoms with Gasteiger partial charge in [0, 0.05) is 34.7 Å². The van der Waals surface area contributed by atoms with Crippen molar-refractivity contribution in [3.05, 3.63) is 41.9 Å². The number of amides is 1. The second-order valence-corrected chi connectivity index (χ2v) is 8.14. The maximum absolute atomic E-state index is 12.4. The molecule has 1 N–H and O–H groups in total. The average molecular weight is 381 g/mol. The Bertz CT molecular complexity index is 874. The van der Waals surface area contributed by atoms with Crippen molar-refractivity contribution >= 4 is 29.1 Å². The summed E-state index contributed by atoms with van der Waals surface area (Å²) in [6.07, 6.45) is 10.5. The zero-order valence-electron chi connectivity index (χ0n) is 15.6. The minimum Gasteiger partial charge on any atom is -0.352 e. The van der Waals surface area contributed by atoms with Crippen LogP contribution in [0, 0.1) is 5.92 Å². The predicted molar refractivity (Wildman–Crippen MR) is 108 cm³/mol. The number of hydrogen-bond donors (Lipinski definition) is 1. The monoisotopic (exact) mass is 380 g/mol. The SMILES string of the molecule is CCCNC(=O)c1ccc2c(c1)N=C(C1CCCCC1)c1cncnc1S2. The van der Waals surface area contributed by atoms with Crippen LogP contribution in [0.15, 0.2) is 45.6 Å². The zero-order valence-corrected chi connectivity index (χ0v) is 16.4. The van der Waals surface area contributed by atoms with Gasteiger partial charge in [-0.1, -0.05) is 37.9 Å². The Labute approximate surface area is 164 Å². The molecule has 0 spiro atoms. The lowest BCUT2D eigenvalue weighted by molar-refractivity contribution is 0.0953. The smallest absolute Gasteiger partial charge is 0.251 e. The topological polar surface area (TPSA) is 67.2 Å². The number of rotatable bonds is 4. The summed E-state index contributed by atoms with van der Waals surface area (Å²) in [7, 11) is 0. The first-order valence-corrected chi connectivity index (χ1v) is 10.6. The molecule has 2 aliphatic rings. The number of aromatic nitrogens is 2. The summed E-state index contributed by atoms with van der Waals surface area (Å²) in [5.74, 6) is 0.397.